The number of anilines is 1. The predicted octanol–water partition coefficient (Wildman–Crippen LogP) is 5.47. The molecular weight excluding hydrogens is 423 g/mol. The summed E-state index contributed by atoms with van der Waals surface area (Å²) in [6, 6.07) is 7.91. The maximum atomic E-state index is 11.4. The van der Waals surface area contributed by atoms with Gasteiger partial charge in [-0.2, -0.15) is 4.37 Å². The zero-order valence-corrected chi connectivity index (χ0v) is 16.1. The average molecular weight is 440 g/mol. The average Bonchev–Trinajstić information content (AvgIpc) is 2.94. The molecule has 0 aliphatic heterocycles. The molecule has 0 saturated heterocycles. The van der Waals surface area contributed by atoms with E-state index in [1.807, 2.05) is 49.3 Å². The Morgan fingerprint density at radius 1 is 1.26 bits per heavy atom. The van der Waals surface area contributed by atoms with E-state index < -0.39 is 21.2 Å². The first-order chi connectivity index (χ1) is 11.1. The highest BCUT2D eigenvalue weighted by Crippen LogP contribution is 2.40. The van der Waals surface area contributed by atoms with Gasteiger partial charge in [0, 0.05) is 28.9 Å². The van der Waals surface area contributed by atoms with E-state index in [1.165, 1.54) is 11.5 Å². The third-order valence-electron chi connectivity index (χ3n) is 3.75. The molecule has 7 heteroatoms. The molecule has 0 radical (unpaired) electrons. The van der Waals surface area contributed by atoms with Crippen LogP contribution in [0.25, 0.3) is 6.08 Å². The van der Waals surface area contributed by atoms with Crippen molar-refractivity contribution in [3.05, 3.63) is 39.1 Å². The summed E-state index contributed by atoms with van der Waals surface area (Å²) in [6.45, 7) is 2.10. The van der Waals surface area contributed by atoms with Crippen LogP contribution >= 0.6 is 32.7 Å². The van der Waals surface area contributed by atoms with Gasteiger partial charge >= 0.3 is 0 Å². The van der Waals surface area contributed by atoms with Crippen molar-refractivity contribution in [1.29, 1.82) is 0 Å². The van der Waals surface area contributed by atoms with Crippen LogP contribution in [0.4, 0.5) is 16.4 Å². The third kappa shape index (κ3) is 3.55. The Morgan fingerprint density at radius 3 is 2.65 bits per heavy atom. The molecule has 1 aliphatic carbocycles. The highest BCUT2D eigenvalue weighted by atomic mass is 127. The summed E-state index contributed by atoms with van der Waals surface area (Å²) >= 11 is 0.227. The van der Waals surface area contributed by atoms with E-state index in [4.69, 9.17) is 0 Å². The number of hydrogen-bond donors (Lipinski definition) is 0. The fourth-order valence-electron chi connectivity index (χ4n) is 2.37. The molecule has 0 saturated carbocycles. The largest absolute Gasteiger partial charge is 0.378 e. The summed E-state index contributed by atoms with van der Waals surface area (Å²) < 4.78 is 16.9. The fourth-order valence-corrected chi connectivity index (χ4v) is 4.19. The molecule has 120 valence electrons. The quantitative estimate of drug-likeness (QED) is 0.468. The Bertz CT molecular complexity index is 780. The van der Waals surface area contributed by atoms with Gasteiger partial charge in [0.2, 0.25) is 0 Å². The van der Waals surface area contributed by atoms with Crippen molar-refractivity contribution in [2.75, 3.05) is 19.0 Å². The van der Waals surface area contributed by atoms with Crippen molar-refractivity contribution in [3.8, 4) is 0 Å². The first-order valence-electron chi connectivity index (χ1n) is 7.25. The minimum Gasteiger partial charge on any atom is -0.378 e. The fraction of sp³-hybridized carbons (Fsp3) is 0.312. The molecule has 0 amide bonds. The molecule has 0 bridgehead atoms. The van der Waals surface area contributed by atoms with E-state index >= 15 is 0 Å². The number of hydrogen-bond acceptors (Lipinski definition) is 6. The maximum Gasteiger partial charge on any atom is 0.177 e. The highest BCUT2D eigenvalue weighted by Gasteiger charge is 2.23. The second-order valence-corrected chi connectivity index (χ2v) is 8.11. The number of benzene rings is 1. The van der Waals surface area contributed by atoms with Crippen molar-refractivity contribution >= 4 is 55.2 Å². The summed E-state index contributed by atoms with van der Waals surface area (Å²) in [5.41, 5.74) is 3.97. The number of azo groups is 1. The Kier molecular flexibility index (Phi) is 4.96. The molecule has 1 unspecified atom stereocenters. The summed E-state index contributed by atoms with van der Waals surface area (Å²) in [5, 5.41) is 9.45. The van der Waals surface area contributed by atoms with E-state index in [-0.39, 0.29) is 0 Å². The molecule has 2 aromatic rings. The number of aromatic nitrogens is 1. The van der Waals surface area contributed by atoms with E-state index in [1.54, 1.807) is 0 Å². The molecule has 0 spiro atoms. The van der Waals surface area contributed by atoms with Crippen molar-refractivity contribution in [2.45, 2.75) is 13.3 Å². The lowest BCUT2D eigenvalue weighted by Crippen LogP contribution is -2.07. The normalized spacial score (nSPS) is 17.2. The number of allylic oxidation sites excluding steroid dienone is 1. The van der Waals surface area contributed by atoms with Gasteiger partial charge in [0.15, 0.2) is 26.2 Å². The Labute approximate surface area is 149 Å². The molecule has 1 aliphatic rings. The minimum absolute atomic E-state index is 0.318. The summed E-state index contributed by atoms with van der Waals surface area (Å²) in [7, 11) is 4.01. The zero-order valence-electron chi connectivity index (χ0n) is 13.2. The second kappa shape index (κ2) is 6.96. The lowest BCUT2D eigenvalue weighted by Gasteiger charge is -2.14. The van der Waals surface area contributed by atoms with Gasteiger partial charge in [-0.3, -0.25) is 3.07 Å². The molecule has 1 heterocycles. The lowest BCUT2D eigenvalue weighted by molar-refractivity contribution is 0.645. The van der Waals surface area contributed by atoms with Crippen LogP contribution in [0, 0.1) is 5.92 Å². The van der Waals surface area contributed by atoms with Gasteiger partial charge in [-0.25, -0.2) is 0 Å². The summed E-state index contributed by atoms with van der Waals surface area (Å²) in [6.07, 6.45) is 2.84. The van der Waals surface area contributed by atoms with Gasteiger partial charge in [0.1, 0.15) is 0 Å². The number of halogens is 1. The van der Waals surface area contributed by atoms with Crippen LogP contribution in [0.1, 0.15) is 18.2 Å². The Hall–Kier alpha value is -1.48. The van der Waals surface area contributed by atoms with Gasteiger partial charge in [0.25, 0.3) is 0 Å². The van der Waals surface area contributed by atoms with Crippen LogP contribution in [0.5, 0.6) is 0 Å². The van der Waals surface area contributed by atoms with E-state index in [0.717, 1.165) is 37.6 Å². The van der Waals surface area contributed by atoms with Crippen molar-refractivity contribution in [2.24, 2.45) is 16.1 Å². The molecular formula is C16H17IN4OS. The topological polar surface area (TPSA) is 57.9 Å². The summed E-state index contributed by atoms with van der Waals surface area (Å²) in [5.74, 6) is 0.318. The SMILES string of the molecule is CC1Cc2nsc(N=Nc3ccc(N(C)C)cc3)c2C=C1I=O. The lowest BCUT2D eigenvalue weighted by atomic mass is 9.96. The van der Waals surface area contributed by atoms with E-state index in [0.29, 0.717) is 5.92 Å². The molecule has 1 aromatic carbocycles. The minimum atomic E-state index is -1.13. The number of nitrogens with zero attached hydrogens (tertiary/aromatic N) is 4. The molecule has 23 heavy (non-hydrogen) atoms. The van der Waals surface area contributed by atoms with Gasteiger partial charge in [0.05, 0.1) is 11.4 Å². The first-order valence-corrected chi connectivity index (χ1v) is 9.98. The van der Waals surface area contributed by atoms with Crippen LogP contribution in [-0.4, -0.2) is 18.5 Å². The standard InChI is InChI=1S/C16H17IN4OS/c1-10-8-15-13(9-14(10)17-22)16(23-20-15)19-18-11-4-6-12(7-5-11)21(2)3/h4-7,9-10H,8H2,1-3H3. The summed E-state index contributed by atoms with van der Waals surface area (Å²) in [4.78, 5) is 2.04. The van der Waals surface area contributed by atoms with E-state index in [9.17, 15) is 3.07 Å². The highest BCUT2D eigenvalue weighted by molar-refractivity contribution is 14.2. The molecule has 3 rings (SSSR count). The monoisotopic (exact) mass is 440 g/mol. The number of fused-ring (bicyclic) bond motifs is 1. The predicted molar refractivity (Wildman–Crippen MR) is 103 cm³/mol. The Morgan fingerprint density at radius 2 is 2.00 bits per heavy atom. The zero-order chi connectivity index (χ0) is 16.4. The third-order valence-corrected chi connectivity index (χ3v) is 6.42. The first kappa shape index (κ1) is 16.4. The molecule has 5 nitrogen and oxygen atoms in total. The Balaban J connectivity index is 1.85. The van der Waals surface area contributed by atoms with Gasteiger partial charge in [-0.1, -0.05) is 6.92 Å². The van der Waals surface area contributed by atoms with Crippen LogP contribution in [0.3, 0.4) is 0 Å². The van der Waals surface area contributed by atoms with Gasteiger partial charge < -0.3 is 4.90 Å². The van der Waals surface area contributed by atoms with Crippen molar-refractivity contribution in [1.82, 2.24) is 4.37 Å². The maximum absolute atomic E-state index is 11.4. The van der Waals surface area contributed by atoms with Gasteiger partial charge in [-0.05, 0) is 54.2 Å². The van der Waals surface area contributed by atoms with E-state index in [2.05, 4.69) is 21.5 Å². The van der Waals surface area contributed by atoms with Crippen LogP contribution < -0.4 is 4.90 Å². The number of rotatable bonds is 4. The van der Waals surface area contributed by atoms with Crippen LogP contribution in [-0.2, 0) is 9.49 Å². The van der Waals surface area contributed by atoms with Crippen molar-refractivity contribution < 1.29 is 3.07 Å². The molecule has 1 atom stereocenters. The van der Waals surface area contributed by atoms with Crippen molar-refractivity contribution in [3.63, 3.8) is 0 Å². The molecule has 1 aromatic heterocycles. The second-order valence-electron chi connectivity index (χ2n) is 5.67. The van der Waals surface area contributed by atoms with Crippen LogP contribution in [0.2, 0.25) is 0 Å². The molecule has 0 N–H and O–H groups in total. The van der Waals surface area contributed by atoms with Gasteiger partial charge in [-0.15, -0.1) is 10.2 Å². The smallest absolute Gasteiger partial charge is 0.177 e. The van der Waals surface area contributed by atoms with Crippen LogP contribution in [0.15, 0.2) is 38.1 Å². The molecule has 0 fully saturated rings.